The highest BCUT2D eigenvalue weighted by atomic mass is 16.2. The first kappa shape index (κ1) is 15.3. The molecule has 0 aromatic heterocycles. The fourth-order valence-corrected chi connectivity index (χ4v) is 3.99. The minimum absolute atomic E-state index is 0.279. The molecule has 0 saturated carbocycles. The Morgan fingerprint density at radius 1 is 0.905 bits per heavy atom. The highest BCUT2D eigenvalue weighted by molar-refractivity contribution is 5.79. The number of hydrogen-bond acceptors (Lipinski definition) is 4. The van der Waals surface area contributed by atoms with Crippen LogP contribution in [0.1, 0.15) is 25.7 Å². The number of carbonyl (C=O) groups is 1. The Balaban J connectivity index is 1.45. The van der Waals surface area contributed by atoms with Crippen molar-refractivity contribution in [3.63, 3.8) is 0 Å². The second-order valence-corrected chi connectivity index (χ2v) is 6.92. The van der Waals surface area contributed by atoms with E-state index in [0.29, 0.717) is 5.91 Å². The van der Waals surface area contributed by atoms with E-state index in [-0.39, 0.29) is 5.92 Å². The monoisotopic (exact) mass is 294 g/mol. The van der Waals surface area contributed by atoms with E-state index in [0.717, 1.165) is 58.2 Å². The molecule has 3 saturated heterocycles. The lowest BCUT2D eigenvalue weighted by molar-refractivity contribution is -0.138. The van der Waals surface area contributed by atoms with Crippen molar-refractivity contribution in [2.24, 2.45) is 5.92 Å². The quantitative estimate of drug-likeness (QED) is 0.791. The average Bonchev–Trinajstić information content (AvgIpc) is 2.56. The maximum absolute atomic E-state index is 12.6. The van der Waals surface area contributed by atoms with Crippen LogP contribution in [0.15, 0.2) is 0 Å². The van der Waals surface area contributed by atoms with Gasteiger partial charge in [0.15, 0.2) is 0 Å². The van der Waals surface area contributed by atoms with Gasteiger partial charge in [-0.15, -0.1) is 0 Å². The number of rotatable bonds is 2. The minimum Gasteiger partial charge on any atom is -0.340 e. The smallest absolute Gasteiger partial charge is 0.225 e. The lowest BCUT2D eigenvalue weighted by atomic mass is 9.96. The first-order valence-corrected chi connectivity index (χ1v) is 8.66. The van der Waals surface area contributed by atoms with Crippen LogP contribution in [0, 0.1) is 5.92 Å². The third kappa shape index (κ3) is 3.76. The first-order chi connectivity index (χ1) is 10.2. The Morgan fingerprint density at radius 3 is 2.14 bits per heavy atom. The molecule has 0 spiro atoms. The van der Waals surface area contributed by atoms with E-state index < -0.39 is 0 Å². The van der Waals surface area contributed by atoms with Crippen molar-refractivity contribution < 1.29 is 4.79 Å². The summed E-state index contributed by atoms with van der Waals surface area (Å²) in [5.74, 6) is 0.695. The molecular formula is C16H30N4O. The number of piperazine rings is 1. The van der Waals surface area contributed by atoms with E-state index in [1.165, 1.54) is 25.9 Å². The Hall–Kier alpha value is -0.650. The molecule has 21 heavy (non-hydrogen) atoms. The summed E-state index contributed by atoms with van der Waals surface area (Å²) in [6.45, 7) is 8.48. The molecule has 0 atom stereocenters. The van der Waals surface area contributed by atoms with Crippen LogP contribution in [-0.2, 0) is 4.79 Å². The molecule has 3 rings (SSSR count). The zero-order valence-corrected chi connectivity index (χ0v) is 13.4. The van der Waals surface area contributed by atoms with Gasteiger partial charge in [-0.3, -0.25) is 9.69 Å². The fourth-order valence-electron chi connectivity index (χ4n) is 3.99. The number of hydrogen-bond donors (Lipinski definition) is 1. The average molecular weight is 294 g/mol. The summed E-state index contributed by atoms with van der Waals surface area (Å²) in [4.78, 5) is 19.7. The topological polar surface area (TPSA) is 38.8 Å². The largest absolute Gasteiger partial charge is 0.340 e. The van der Waals surface area contributed by atoms with Crippen molar-refractivity contribution in [1.82, 2.24) is 20.0 Å². The van der Waals surface area contributed by atoms with Crippen LogP contribution in [0.3, 0.4) is 0 Å². The molecule has 0 radical (unpaired) electrons. The molecule has 1 N–H and O–H groups in total. The van der Waals surface area contributed by atoms with E-state index in [2.05, 4.69) is 27.1 Å². The van der Waals surface area contributed by atoms with Gasteiger partial charge >= 0.3 is 0 Å². The molecule has 3 aliphatic heterocycles. The summed E-state index contributed by atoms with van der Waals surface area (Å²) in [7, 11) is 2.21. The SMILES string of the molecule is CN1CCC(N2CCN(C(=O)C3CCNCC3)CC2)CC1. The standard InChI is InChI=1S/C16H30N4O/c1-18-8-4-15(5-9-18)19-10-12-20(13-11-19)16(21)14-2-6-17-7-3-14/h14-15,17H,2-13H2,1H3. The highest BCUT2D eigenvalue weighted by Crippen LogP contribution is 2.20. The van der Waals surface area contributed by atoms with Gasteiger partial charge in [0.25, 0.3) is 0 Å². The maximum Gasteiger partial charge on any atom is 0.225 e. The molecule has 5 nitrogen and oxygen atoms in total. The van der Waals surface area contributed by atoms with Crippen molar-refractivity contribution in [3.05, 3.63) is 0 Å². The lowest BCUT2D eigenvalue weighted by Crippen LogP contribution is -2.55. The molecule has 0 unspecified atom stereocenters. The predicted octanol–water partition coefficient (Wildman–Crippen LogP) is 0.224. The van der Waals surface area contributed by atoms with Gasteiger partial charge in [0.05, 0.1) is 0 Å². The van der Waals surface area contributed by atoms with Gasteiger partial charge in [-0.25, -0.2) is 0 Å². The van der Waals surface area contributed by atoms with E-state index in [9.17, 15) is 4.79 Å². The van der Waals surface area contributed by atoms with Crippen molar-refractivity contribution in [1.29, 1.82) is 0 Å². The van der Waals surface area contributed by atoms with Gasteiger partial charge in [0, 0.05) is 38.1 Å². The minimum atomic E-state index is 0.279. The van der Waals surface area contributed by atoms with Crippen LogP contribution in [0.4, 0.5) is 0 Å². The van der Waals surface area contributed by atoms with Crippen LogP contribution in [0.25, 0.3) is 0 Å². The molecule has 0 aromatic carbocycles. The molecule has 3 fully saturated rings. The van der Waals surface area contributed by atoms with Gasteiger partial charge in [0.2, 0.25) is 5.91 Å². The van der Waals surface area contributed by atoms with E-state index in [1.54, 1.807) is 0 Å². The summed E-state index contributed by atoms with van der Waals surface area (Å²) in [6.07, 6.45) is 4.62. The molecule has 5 heteroatoms. The van der Waals surface area contributed by atoms with Gasteiger partial charge in [-0.1, -0.05) is 0 Å². The van der Waals surface area contributed by atoms with Crippen molar-refractivity contribution in [2.75, 3.05) is 59.4 Å². The molecule has 1 amide bonds. The Bertz CT molecular complexity index is 340. The number of nitrogens with one attached hydrogen (secondary N) is 1. The number of nitrogens with zero attached hydrogens (tertiary/aromatic N) is 3. The summed E-state index contributed by atoms with van der Waals surface area (Å²) >= 11 is 0. The molecule has 0 aliphatic carbocycles. The van der Waals surface area contributed by atoms with Crippen LogP contribution < -0.4 is 5.32 Å². The second-order valence-electron chi connectivity index (χ2n) is 6.92. The molecule has 120 valence electrons. The fraction of sp³-hybridized carbons (Fsp3) is 0.938. The predicted molar refractivity (Wildman–Crippen MR) is 84.3 cm³/mol. The molecule has 3 heterocycles. The van der Waals surface area contributed by atoms with E-state index in [4.69, 9.17) is 0 Å². The van der Waals surface area contributed by atoms with Gasteiger partial charge < -0.3 is 15.1 Å². The third-order valence-corrected chi connectivity index (χ3v) is 5.52. The molecule has 0 aromatic rings. The first-order valence-electron chi connectivity index (χ1n) is 8.66. The van der Waals surface area contributed by atoms with Crippen molar-refractivity contribution >= 4 is 5.91 Å². The number of amides is 1. The van der Waals surface area contributed by atoms with Gasteiger partial charge in [0.1, 0.15) is 0 Å². The molecular weight excluding hydrogens is 264 g/mol. The summed E-state index contributed by atoms with van der Waals surface area (Å²) in [6, 6.07) is 0.748. The van der Waals surface area contributed by atoms with Crippen LogP contribution >= 0.6 is 0 Å². The Kier molecular flexibility index (Phi) is 5.14. The summed E-state index contributed by atoms with van der Waals surface area (Å²) < 4.78 is 0. The number of carbonyl (C=O) groups excluding carboxylic acids is 1. The summed E-state index contributed by atoms with van der Waals surface area (Å²) in [5, 5.41) is 3.34. The number of likely N-dealkylation sites (tertiary alicyclic amines) is 1. The maximum atomic E-state index is 12.6. The summed E-state index contributed by atoms with van der Waals surface area (Å²) in [5.41, 5.74) is 0. The normalized spacial score (nSPS) is 28.0. The zero-order valence-electron chi connectivity index (χ0n) is 13.4. The third-order valence-electron chi connectivity index (χ3n) is 5.52. The van der Waals surface area contributed by atoms with Crippen LogP contribution in [-0.4, -0.2) is 86.1 Å². The highest BCUT2D eigenvalue weighted by Gasteiger charge is 2.31. The van der Waals surface area contributed by atoms with Gasteiger partial charge in [-0.2, -0.15) is 0 Å². The van der Waals surface area contributed by atoms with E-state index >= 15 is 0 Å². The van der Waals surface area contributed by atoms with E-state index in [1.807, 2.05) is 0 Å². The van der Waals surface area contributed by atoms with Crippen LogP contribution in [0.5, 0.6) is 0 Å². The van der Waals surface area contributed by atoms with Crippen molar-refractivity contribution in [3.8, 4) is 0 Å². The van der Waals surface area contributed by atoms with Crippen LogP contribution in [0.2, 0.25) is 0 Å². The van der Waals surface area contributed by atoms with Gasteiger partial charge in [-0.05, 0) is 58.9 Å². The zero-order chi connectivity index (χ0) is 14.7. The van der Waals surface area contributed by atoms with Crippen molar-refractivity contribution in [2.45, 2.75) is 31.7 Å². The molecule has 3 aliphatic rings. The lowest BCUT2D eigenvalue weighted by Gasteiger charge is -2.43. The second kappa shape index (κ2) is 7.07. The number of piperidine rings is 2. The Morgan fingerprint density at radius 2 is 1.52 bits per heavy atom. The Labute approximate surface area is 128 Å². The molecule has 0 bridgehead atoms.